The smallest absolute Gasteiger partial charge is 0.319 e. The molecular formula is C13H22O4. The monoisotopic (exact) mass is 242 g/mol. The molecule has 0 spiro atoms. The normalized spacial score (nSPS) is 14.2. The second-order valence-electron chi connectivity index (χ2n) is 5.08. The zero-order valence-corrected chi connectivity index (χ0v) is 11.3. The Morgan fingerprint density at radius 1 is 1.18 bits per heavy atom. The van der Waals surface area contributed by atoms with Gasteiger partial charge in [0.1, 0.15) is 17.0 Å². The van der Waals surface area contributed by atoms with Crippen LogP contribution in [0.1, 0.15) is 47.5 Å². The first-order chi connectivity index (χ1) is 7.70. The highest BCUT2D eigenvalue weighted by Gasteiger charge is 2.39. The Morgan fingerprint density at radius 2 is 1.71 bits per heavy atom. The molecule has 98 valence electrons. The van der Waals surface area contributed by atoms with Crippen LogP contribution in [0.4, 0.5) is 0 Å². The van der Waals surface area contributed by atoms with Crippen LogP contribution in [0, 0.1) is 11.3 Å². The van der Waals surface area contributed by atoms with E-state index in [1.807, 2.05) is 13.8 Å². The summed E-state index contributed by atoms with van der Waals surface area (Å²) in [6.45, 7) is 8.49. The second-order valence-corrected chi connectivity index (χ2v) is 5.08. The van der Waals surface area contributed by atoms with Crippen LogP contribution >= 0.6 is 0 Å². The lowest BCUT2D eigenvalue weighted by Gasteiger charge is -2.24. The first-order valence-electron chi connectivity index (χ1n) is 5.88. The lowest BCUT2D eigenvalue weighted by molar-refractivity contribution is -0.160. The standard InChI is InChI=1S/C13H22O4/c1-9(2)8-17-12(16)13(5,11(4)15)7-6-10(3)14/h9H,6-8H2,1-5H3/t13-/m1/s1. The predicted molar refractivity (Wildman–Crippen MR) is 64.5 cm³/mol. The Labute approximate surface area is 103 Å². The van der Waals surface area contributed by atoms with Crippen molar-refractivity contribution < 1.29 is 19.1 Å². The Kier molecular flexibility index (Phi) is 6.07. The number of carbonyl (C=O) groups is 3. The largest absolute Gasteiger partial charge is 0.465 e. The molecule has 0 bridgehead atoms. The molecular weight excluding hydrogens is 220 g/mol. The number of hydrogen-bond acceptors (Lipinski definition) is 4. The van der Waals surface area contributed by atoms with E-state index in [4.69, 9.17) is 4.74 Å². The molecule has 0 radical (unpaired) electrons. The van der Waals surface area contributed by atoms with E-state index in [0.717, 1.165) is 0 Å². The quantitative estimate of drug-likeness (QED) is 0.507. The first kappa shape index (κ1) is 15.8. The van der Waals surface area contributed by atoms with Crippen LogP contribution in [0.25, 0.3) is 0 Å². The average Bonchev–Trinajstić information content (AvgIpc) is 2.21. The van der Waals surface area contributed by atoms with Gasteiger partial charge in [-0.15, -0.1) is 0 Å². The fraction of sp³-hybridized carbons (Fsp3) is 0.769. The topological polar surface area (TPSA) is 60.4 Å². The summed E-state index contributed by atoms with van der Waals surface area (Å²) in [5, 5.41) is 0. The van der Waals surface area contributed by atoms with Crippen molar-refractivity contribution in [3.63, 3.8) is 0 Å². The van der Waals surface area contributed by atoms with Crippen molar-refractivity contribution in [2.24, 2.45) is 11.3 Å². The van der Waals surface area contributed by atoms with E-state index in [1.54, 1.807) is 6.92 Å². The van der Waals surface area contributed by atoms with Gasteiger partial charge in [-0.05, 0) is 33.1 Å². The van der Waals surface area contributed by atoms with Crippen molar-refractivity contribution in [2.75, 3.05) is 6.61 Å². The van der Waals surface area contributed by atoms with Crippen molar-refractivity contribution in [3.05, 3.63) is 0 Å². The summed E-state index contributed by atoms with van der Waals surface area (Å²) >= 11 is 0. The summed E-state index contributed by atoms with van der Waals surface area (Å²) in [5.41, 5.74) is -1.19. The maximum absolute atomic E-state index is 11.9. The summed E-state index contributed by atoms with van der Waals surface area (Å²) in [5.74, 6) is -0.593. The van der Waals surface area contributed by atoms with Gasteiger partial charge in [-0.1, -0.05) is 13.8 Å². The SMILES string of the molecule is CC(=O)CC[C@](C)(C(C)=O)C(=O)OCC(C)C. The molecule has 0 aromatic rings. The molecule has 4 nitrogen and oxygen atoms in total. The van der Waals surface area contributed by atoms with Gasteiger partial charge in [0, 0.05) is 6.42 Å². The maximum Gasteiger partial charge on any atom is 0.319 e. The van der Waals surface area contributed by atoms with E-state index in [2.05, 4.69) is 0 Å². The molecule has 0 fully saturated rings. The third kappa shape index (κ3) is 5.11. The van der Waals surface area contributed by atoms with Crippen molar-refractivity contribution in [1.29, 1.82) is 0 Å². The van der Waals surface area contributed by atoms with Gasteiger partial charge in [-0.2, -0.15) is 0 Å². The molecule has 0 amide bonds. The van der Waals surface area contributed by atoms with E-state index < -0.39 is 11.4 Å². The van der Waals surface area contributed by atoms with Crippen LogP contribution in [-0.4, -0.2) is 24.1 Å². The highest BCUT2D eigenvalue weighted by Crippen LogP contribution is 2.27. The molecule has 0 aromatic heterocycles. The number of Topliss-reactive ketones (excluding diaryl/α,β-unsaturated/α-hetero) is 2. The summed E-state index contributed by atoms with van der Waals surface area (Å²) < 4.78 is 5.09. The third-order valence-corrected chi connectivity index (χ3v) is 2.75. The van der Waals surface area contributed by atoms with Gasteiger partial charge in [0.2, 0.25) is 0 Å². The fourth-order valence-electron chi connectivity index (χ4n) is 1.25. The van der Waals surface area contributed by atoms with Crippen molar-refractivity contribution in [1.82, 2.24) is 0 Å². The zero-order chi connectivity index (χ0) is 13.6. The zero-order valence-electron chi connectivity index (χ0n) is 11.3. The molecule has 0 aliphatic heterocycles. The molecule has 17 heavy (non-hydrogen) atoms. The molecule has 4 heteroatoms. The Hall–Kier alpha value is -1.19. The van der Waals surface area contributed by atoms with Crippen molar-refractivity contribution >= 4 is 17.5 Å². The molecule has 0 saturated carbocycles. The summed E-state index contributed by atoms with van der Waals surface area (Å²) in [4.78, 5) is 34.4. The Bertz CT molecular complexity index is 307. The van der Waals surface area contributed by atoms with Crippen molar-refractivity contribution in [2.45, 2.75) is 47.5 Å². The number of esters is 1. The van der Waals surface area contributed by atoms with Gasteiger partial charge >= 0.3 is 5.97 Å². The van der Waals surface area contributed by atoms with E-state index in [9.17, 15) is 14.4 Å². The Balaban J connectivity index is 4.64. The molecule has 0 aromatic carbocycles. The lowest BCUT2D eigenvalue weighted by Crippen LogP contribution is -2.37. The van der Waals surface area contributed by atoms with Gasteiger partial charge in [0.05, 0.1) is 6.61 Å². The Morgan fingerprint density at radius 3 is 2.06 bits per heavy atom. The average molecular weight is 242 g/mol. The van der Waals surface area contributed by atoms with Crippen LogP contribution in [0.15, 0.2) is 0 Å². The highest BCUT2D eigenvalue weighted by molar-refractivity contribution is 6.02. The number of ketones is 2. The molecule has 0 aliphatic carbocycles. The minimum atomic E-state index is -1.19. The molecule has 0 N–H and O–H groups in total. The minimum Gasteiger partial charge on any atom is -0.465 e. The number of hydrogen-bond donors (Lipinski definition) is 0. The van der Waals surface area contributed by atoms with Crippen LogP contribution in [0.3, 0.4) is 0 Å². The number of carbonyl (C=O) groups excluding carboxylic acids is 3. The predicted octanol–water partition coefficient (Wildman–Crippen LogP) is 2.15. The molecule has 0 rings (SSSR count). The minimum absolute atomic E-state index is 0.0332. The van der Waals surface area contributed by atoms with Crippen LogP contribution in [-0.2, 0) is 19.1 Å². The first-order valence-corrected chi connectivity index (χ1v) is 5.88. The molecule has 1 atom stereocenters. The fourth-order valence-corrected chi connectivity index (χ4v) is 1.25. The van der Waals surface area contributed by atoms with E-state index in [1.165, 1.54) is 13.8 Å². The van der Waals surface area contributed by atoms with Crippen LogP contribution in [0.2, 0.25) is 0 Å². The molecule has 0 saturated heterocycles. The summed E-state index contributed by atoms with van der Waals surface area (Å²) in [7, 11) is 0. The molecule has 0 unspecified atom stereocenters. The number of rotatable bonds is 7. The van der Waals surface area contributed by atoms with E-state index in [0.29, 0.717) is 6.61 Å². The van der Waals surface area contributed by atoms with E-state index in [-0.39, 0.29) is 30.3 Å². The second kappa shape index (κ2) is 6.52. The van der Waals surface area contributed by atoms with Gasteiger partial charge in [0.15, 0.2) is 0 Å². The van der Waals surface area contributed by atoms with E-state index >= 15 is 0 Å². The highest BCUT2D eigenvalue weighted by atomic mass is 16.5. The van der Waals surface area contributed by atoms with Gasteiger partial charge in [-0.25, -0.2) is 0 Å². The third-order valence-electron chi connectivity index (χ3n) is 2.75. The molecule has 0 heterocycles. The van der Waals surface area contributed by atoms with Crippen LogP contribution < -0.4 is 0 Å². The van der Waals surface area contributed by atoms with Gasteiger partial charge < -0.3 is 9.53 Å². The van der Waals surface area contributed by atoms with Crippen LogP contribution in [0.5, 0.6) is 0 Å². The lowest BCUT2D eigenvalue weighted by atomic mass is 9.81. The summed E-state index contributed by atoms with van der Waals surface area (Å²) in [6, 6.07) is 0. The molecule has 0 aliphatic rings. The van der Waals surface area contributed by atoms with Gasteiger partial charge in [-0.3, -0.25) is 9.59 Å². The van der Waals surface area contributed by atoms with Crippen molar-refractivity contribution in [3.8, 4) is 0 Å². The van der Waals surface area contributed by atoms with Gasteiger partial charge in [0.25, 0.3) is 0 Å². The number of ether oxygens (including phenoxy) is 1. The summed E-state index contributed by atoms with van der Waals surface area (Å²) in [6.07, 6.45) is 0.432. The maximum atomic E-state index is 11.9.